The fourth-order valence-electron chi connectivity index (χ4n) is 2.44. The maximum absolute atomic E-state index is 12.0. The van der Waals surface area contributed by atoms with Gasteiger partial charge in [0.25, 0.3) is 5.91 Å². The van der Waals surface area contributed by atoms with Crippen molar-refractivity contribution < 1.29 is 23.5 Å². The first-order valence-corrected chi connectivity index (χ1v) is 9.30. The van der Waals surface area contributed by atoms with Gasteiger partial charge in [-0.3, -0.25) is 9.59 Å². The largest absolute Gasteiger partial charge is 0.452 e. The van der Waals surface area contributed by atoms with E-state index in [-0.39, 0.29) is 11.7 Å². The molecule has 0 saturated carbocycles. The lowest BCUT2D eigenvalue weighted by molar-refractivity contribution is -0.152. The van der Waals surface area contributed by atoms with Crippen LogP contribution in [-0.4, -0.2) is 54.0 Å². The van der Waals surface area contributed by atoms with Gasteiger partial charge in [0.15, 0.2) is 11.7 Å². The number of benzene rings is 1. The highest BCUT2D eigenvalue weighted by molar-refractivity contribution is 8.00. The summed E-state index contributed by atoms with van der Waals surface area (Å²) in [6.07, 6.45) is 0.552. The standard InChI is InChI=1S/C18H19N3O5S/c1-11(17(23)19-7-8-24-2)25-14(22)9-27-18-16-15(20-10-21-18)12-5-3-4-6-13(12)26-16/h3-6,10-11H,7-9H2,1-2H3,(H,19,23)/t11-/m0/s1. The molecule has 0 aliphatic heterocycles. The number of methoxy groups -OCH3 is 1. The number of furan rings is 1. The Labute approximate surface area is 159 Å². The Balaban J connectivity index is 1.61. The highest BCUT2D eigenvalue weighted by atomic mass is 32.2. The molecule has 1 amide bonds. The molecule has 0 fully saturated rings. The van der Waals surface area contributed by atoms with Gasteiger partial charge in [0.2, 0.25) is 0 Å². The molecule has 2 aromatic heterocycles. The van der Waals surface area contributed by atoms with Crippen molar-refractivity contribution in [3.05, 3.63) is 30.6 Å². The van der Waals surface area contributed by atoms with Gasteiger partial charge in [-0.15, -0.1) is 0 Å². The zero-order chi connectivity index (χ0) is 19.2. The molecule has 0 bridgehead atoms. The minimum absolute atomic E-state index is 0.00114. The average molecular weight is 389 g/mol. The maximum Gasteiger partial charge on any atom is 0.317 e. The summed E-state index contributed by atoms with van der Waals surface area (Å²) in [6.45, 7) is 2.27. The van der Waals surface area contributed by atoms with Crippen molar-refractivity contribution in [2.75, 3.05) is 26.0 Å². The van der Waals surface area contributed by atoms with Crippen molar-refractivity contribution in [3.8, 4) is 0 Å². The lowest BCUT2D eigenvalue weighted by atomic mass is 10.2. The summed E-state index contributed by atoms with van der Waals surface area (Å²) in [5, 5.41) is 4.05. The Kier molecular flexibility index (Phi) is 6.25. The molecule has 0 saturated heterocycles. The van der Waals surface area contributed by atoms with Gasteiger partial charge in [0.1, 0.15) is 22.5 Å². The Morgan fingerprint density at radius 3 is 2.93 bits per heavy atom. The number of esters is 1. The molecule has 0 unspecified atom stereocenters. The molecule has 0 aliphatic rings. The first-order valence-electron chi connectivity index (χ1n) is 8.31. The number of carbonyl (C=O) groups excluding carboxylic acids is 2. The normalized spacial score (nSPS) is 12.2. The van der Waals surface area contributed by atoms with Crippen LogP contribution in [0.1, 0.15) is 6.92 Å². The van der Waals surface area contributed by atoms with Crippen molar-refractivity contribution in [2.45, 2.75) is 18.1 Å². The molecular formula is C18H19N3O5S. The summed E-state index contributed by atoms with van der Waals surface area (Å²) in [5.41, 5.74) is 1.93. The molecule has 27 heavy (non-hydrogen) atoms. The number of nitrogens with one attached hydrogen (secondary N) is 1. The first-order chi connectivity index (χ1) is 13.1. The second-order valence-corrected chi connectivity index (χ2v) is 6.62. The van der Waals surface area contributed by atoms with Crippen LogP contribution in [0.5, 0.6) is 0 Å². The second kappa shape index (κ2) is 8.83. The number of carbonyl (C=O) groups is 2. The molecule has 3 rings (SSSR count). The highest BCUT2D eigenvalue weighted by Gasteiger charge is 2.19. The Bertz CT molecular complexity index is 958. The van der Waals surface area contributed by atoms with E-state index < -0.39 is 12.1 Å². The number of hydrogen-bond acceptors (Lipinski definition) is 8. The molecule has 1 atom stereocenters. The number of thioether (sulfide) groups is 1. The summed E-state index contributed by atoms with van der Waals surface area (Å²) in [6, 6.07) is 7.55. The fraction of sp³-hybridized carbons (Fsp3) is 0.333. The molecule has 0 radical (unpaired) electrons. The third-order valence-electron chi connectivity index (χ3n) is 3.73. The number of rotatable bonds is 8. The fourth-order valence-corrected chi connectivity index (χ4v) is 3.15. The SMILES string of the molecule is COCCNC(=O)[C@H](C)OC(=O)CSc1ncnc2c1oc1ccccc12. The van der Waals surface area contributed by atoms with Crippen molar-refractivity contribution >= 4 is 45.7 Å². The number of nitrogens with zero attached hydrogens (tertiary/aromatic N) is 2. The minimum atomic E-state index is -0.883. The highest BCUT2D eigenvalue weighted by Crippen LogP contribution is 2.32. The van der Waals surface area contributed by atoms with Crippen molar-refractivity contribution in [1.82, 2.24) is 15.3 Å². The predicted octanol–water partition coefficient (Wildman–Crippen LogP) is 2.16. The molecular weight excluding hydrogens is 370 g/mol. The third kappa shape index (κ3) is 4.55. The van der Waals surface area contributed by atoms with Crippen LogP contribution >= 0.6 is 11.8 Å². The average Bonchev–Trinajstić information content (AvgIpc) is 3.05. The Morgan fingerprint density at radius 1 is 1.30 bits per heavy atom. The van der Waals surface area contributed by atoms with E-state index >= 15 is 0 Å². The number of para-hydroxylation sites is 1. The monoisotopic (exact) mass is 389 g/mol. The van der Waals surface area contributed by atoms with Gasteiger partial charge in [-0.25, -0.2) is 9.97 Å². The molecule has 9 heteroatoms. The summed E-state index contributed by atoms with van der Waals surface area (Å²) < 4.78 is 15.8. The van der Waals surface area contributed by atoms with E-state index in [0.29, 0.717) is 34.9 Å². The van der Waals surface area contributed by atoms with Gasteiger partial charge >= 0.3 is 5.97 Å². The zero-order valence-corrected chi connectivity index (χ0v) is 15.7. The molecule has 3 aromatic rings. The first kappa shape index (κ1) is 19.1. The van der Waals surface area contributed by atoms with Crippen LogP contribution in [0, 0.1) is 0 Å². The number of ether oxygens (including phenoxy) is 2. The second-order valence-electron chi connectivity index (χ2n) is 5.66. The van der Waals surface area contributed by atoms with E-state index in [1.54, 1.807) is 7.11 Å². The number of amides is 1. The van der Waals surface area contributed by atoms with E-state index in [1.165, 1.54) is 25.0 Å². The smallest absolute Gasteiger partial charge is 0.317 e. The van der Waals surface area contributed by atoms with Crippen molar-refractivity contribution in [1.29, 1.82) is 0 Å². The molecule has 0 aliphatic carbocycles. The van der Waals surface area contributed by atoms with Gasteiger partial charge in [0, 0.05) is 19.0 Å². The summed E-state index contributed by atoms with van der Waals surface area (Å²) in [7, 11) is 1.54. The van der Waals surface area contributed by atoms with Gasteiger partial charge in [-0.2, -0.15) is 0 Å². The van der Waals surface area contributed by atoms with E-state index in [0.717, 1.165) is 5.39 Å². The molecule has 1 N–H and O–H groups in total. The van der Waals surface area contributed by atoms with Crippen LogP contribution in [-0.2, 0) is 19.1 Å². The van der Waals surface area contributed by atoms with E-state index in [2.05, 4.69) is 15.3 Å². The van der Waals surface area contributed by atoms with E-state index in [9.17, 15) is 9.59 Å². The van der Waals surface area contributed by atoms with Gasteiger partial charge in [-0.1, -0.05) is 23.9 Å². The van der Waals surface area contributed by atoms with Crippen LogP contribution in [0.4, 0.5) is 0 Å². The molecule has 142 valence electrons. The van der Waals surface area contributed by atoms with E-state index in [4.69, 9.17) is 13.9 Å². The van der Waals surface area contributed by atoms with Crippen molar-refractivity contribution in [2.24, 2.45) is 0 Å². The molecule has 8 nitrogen and oxygen atoms in total. The Hall–Kier alpha value is -2.65. The maximum atomic E-state index is 12.0. The number of aromatic nitrogens is 2. The zero-order valence-electron chi connectivity index (χ0n) is 14.9. The van der Waals surface area contributed by atoms with Crippen LogP contribution < -0.4 is 5.32 Å². The molecule has 2 heterocycles. The lowest BCUT2D eigenvalue weighted by Gasteiger charge is -2.13. The van der Waals surface area contributed by atoms with Crippen LogP contribution in [0.25, 0.3) is 22.1 Å². The summed E-state index contributed by atoms with van der Waals surface area (Å²) in [5.74, 6) is -0.886. The minimum Gasteiger partial charge on any atom is -0.452 e. The quantitative estimate of drug-likeness (QED) is 0.271. The van der Waals surface area contributed by atoms with Crippen molar-refractivity contribution in [3.63, 3.8) is 0 Å². The van der Waals surface area contributed by atoms with E-state index in [1.807, 2.05) is 24.3 Å². The summed E-state index contributed by atoms with van der Waals surface area (Å²) >= 11 is 1.18. The lowest BCUT2D eigenvalue weighted by Crippen LogP contribution is -2.37. The third-order valence-corrected chi connectivity index (χ3v) is 4.68. The summed E-state index contributed by atoms with van der Waals surface area (Å²) in [4.78, 5) is 32.3. The number of fused-ring (bicyclic) bond motifs is 3. The van der Waals surface area contributed by atoms with Gasteiger partial charge < -0.3 is 19.2 Å². The predicted molar refractivity (Wildman–Crippen MR) is 100 cm³/mol. The van der Waals surface area contributed by atoms with Gasteiger partial charge in [0.05, 0.1) is 12.4 Å². The van der Waals surface area contributed by atoms with Crippen LogP contribution in [0.2, 0.25) is 0 Å². The topological polar surface area (TPSA) is 104 Å². The van der Waals surface area contributed by atoms with Gasteiger partial charge in [-0.05, 0) is 19.1 Å². The molecule has 0 spiro atoms. The Morgan fingerprint density at radius 2 is 2.11 bits per heavy atom. The van der Waals surface area contributed by atoms with Crippen LogP contribution in [0.15, 0.2) is 40.0 Å². The number of hydrogen-bond donors (Lipinski definition) is 1. The van der Waals surface area contributed by atoms with Crippen LogP contribution in [0.3, 0.4) is 0 Å². The molecule has 1 aromatic carbocycles.